The van der Waals surface area contributed by atoms with Crippen molar-refractivity contribution in [2.75, 3.05) is 27.3 Å². The first kappa shape index (κ1) is 20.1. The zero-order valence-electron chi connectivity index (χ0n) is 18.0. The van der Waals surface area contributed by atoms with E-state index in [9.17, 15) is 4.79 Å². The number of likely N-dealkylation sites (tertiary alicyclic amines) is 1. The molecular formula is C24H24N4O4. The van der Waals surface area contributed by atoms with Crippen LogP contribution in [0.2, 0.25) is 0 Å². The zero-order chi connectivity index (χ0) is 22.1. The number of ether oxygens (including phenoxy) is 2. The second-order valence-electron chi connectivity index (χ2n) is 7.92. The van der Waals surface area contributed by atoms with Gasteiger partial charge in [-0.05, 0) is 47.7 Å². The first-order valence-corrected chi connectivity index (χ1v) is 10.5. The lowest BCUT2D eigenvalue weighted by Gasteiger charge is -2.16. The maximum absolute atomic E-state index is 12.6. The van der Waals surface area contributed by atoms with E-state index in [1.54, 1.807) is 14.2 Å². The van der Waals surface area contributed by atoms with E-state index >= 15 is 0 Å². The van der Waals surface area contributed by atoms with Gasteiger partial charge in [0.05, 0.1) is 14.2 Å². The van der Waals surface area contributed by atoms with Crippen LogP contribution >= 0.6 is 0 Å². The van der Waals surface area contributed by atoms with Gasteiger partial charge in [0.25, 0.3) is 5.89 Å². The molecule has 8 heteroatoms. The minimum absolute atomic E-state index is 0.0698. The number of aromatic amines is 1. The maximum Gasteiger partial charge on any atom is 0.258 e. The van der Waals surface area contributed by atoms with Gasteiger partial charge in [-0.15, -0.1) is 0 Å². The van der Waals surface area contributed by atoms with Gasteiger partial charge < -0.3 is 23.9 Å². The number of hydrogen-bond donors (Lipinski definition) is 1. The second kappa shape index (κ2) is 8.37. The van der Waals surface area contributed by atoms with Crippen molar-refractivity contribution in [3.63, 3.8) is 0 Å². The van der Waals surface area contributed by atoms with Crippen molar-refractivity contribution in [3.8, 4) is 23.0 Å². The SMILES string of the molecule is COc1ccc(CCN2CC(c3noc(-c4ccc5cc[nH]c5c4)n3)CC2=O)cc1OC. The molecule has 1 atom stereocenters. The van der Waals surface area contributed by atoms with E-state index in [2.05, 4.69) is 15.1 Å². The predicted octanol–water partition coefficient (Wildman–Crippen LogP) is 3.79. The Labute approximate surface area is 185 Å². The van der Waals surface area contributed by atoms with E-state index in [-0.39, 0.29) is 11.8 Å². The highest BCUT2D eigenvalue weighted by atomic mass is 16.5. The third kappa shape index (κ3) is 3.79. The molecule has 1 N–H and O–H groups in total. The minimum Gasteiger partial charge on any atom is -0.493 e. The van der Waals surface area contributed by atoms with Gasteiger partial charge in [0, 0.05) is 42.7 Å². The summed E-state index contributed by atoms with van der Waals surface area (Å²) in [6, 6.07) is 13.8. The normalized spacial score (nSPS) is 16.1. The average molecular weight is 432 g/mol. The van der Waals surface area contributed by atoms with E-state index in [4.69, 9.17) is 14.0 Å². The second-order valence-corrected chi connectivity index (χ2v) is 7.92. The number of carbonyl (C=O) groups is 1. The number of hydrogen-bond acceptors (Lipinski definition) is 6. The number of carbonyl (C=O) groups excluding carboxylic acids is 1. The molecule has 0 spiro atoms. The molecule has 2 aromatic carbocycles. The third-order valence-corrected chi connectivity index (χ3v) is 5.94. The Bertz CT molecular complexity index is 1260. The Kier molecular flexibility index (Phi) is 5.26. The van der Waals surface area contributed by atoms with Crippen LogP contribution in [-0.2, 0) is 11.2 Å². The van der Waals surface area contributed by atoms with Crippen molar-refractivity contribution in [2.45, 2.75) is 18.8 Å². The van der Waals surface area contributed by atoms with Crippen LogP contribution in [0.25, 0.3) is 22.4 Å². The Hall–Kier alpha value is -3.81. The molecule has 2 aromatic heterocycles. The summed E-state index contributed by atoms with van der Waals surface area (Å²) in [5, 5.41) is 5.29. The van der Waals surface area contributed by atoms with Gasteiger partial charge in [-0.25, -0.2) is 0 Å². The summed E-state index contributed by atoms with van der Waals surface area (Å²) in [4.78, 5) is 22.2. The van der Waals surface area contributed by atoms with E-state index < -0.39 is 0 Å². The molecule has 1 amide bonds. The van der Waals surface area contributed by atoms with Gasteiger partial charge in [0.1, 0.15) is 0 Å². The highest BCUT2D eigenvalue weighted by Gasteiger charge is 2.33. The average Bonchev–Trinajstić information content (AvgIpc) is 3.56. The smallest absolute Gasteiger partial charge is 0.258 e. The molecule has 3 heterocycles. The van der Waals surface area contributed by atoms with Crippen molar-refractivity contribution >= 4 is 16.8 Å². The summed E-state index contributed by atoms with van der Waals surface area (Å²) in [6.07, 6.45) is 3.02. The molecule has 1 fully saturated rings. The van der Waals surface area contributed by atoms with Crippen LogP contribution in [0.15, 0.2) is 53.2 Å². The number of nitrogens with zero attached hydrogens (tertiary/aromatic N) is 3. The summed E-state index contributed by atoms with van der Waals surface area (Å²) in [5.74, 6) is 2.46. The summed E-state index contributed by atoms with van der Waals surface area (Å²) >= 11 is 0. The Morgan fingerprint density at radius 2 is 2.00 bits per heavy atom. The molecule has 1 aliphatic rings. The van der Waals surface area contributed by atoms with Gasteiger partial charge in [0.15, 0.2) is 17.3 Å². The van der Waals surface area contributed by atoms with Crippen molar-refractivity contribution in [1.29, 1.82) is 0 Å². The molecule has 4 aromatic rings. The fourth-order valence-corrected chi connectivity index (χ4v) is 4.16. The number of H-pyrrole nitrogens is 1. The number of fused-ring (bicyclic) bond motifs is 1. The third-order valence-electron chi connectivity index (χ3n) is 5.94. The molecule has 0 radical (unpaired) electrons. The number of methoxy groups -OCH3 is 2. The van der Waals surface area contributed by atoms with Gasteiger partial charge in [-0.2, -0.15) is 4.98 Å². The number of rotatable bonds is 7. The molecule has 0 bridgehead atoms. The van der Waals surface area contributed by atoms with Crippen LogP contribution in [0.5, 0.6) is 11.5 Å². The number of amides is 1. The molecular weight excluding hydrogens is 408 g/mol. The number of aromatic nitrogens is 3. The van der Waals surface area contributed by atoms with Crippen molar-refractivity contribution in [3.05, 3.63) is 60.0 Å². The molecule has 1 aliphatic heterocycles. The molecule has 164 valence electrons. The molecule has 1 unspecified atom stereocenters. The van der Waals surface area contributed by atoms with E-state index in [0.29, 0.717) is 42.7 Å². The quantitative estimate of drug-likeness (QED) is 0.478. The Morgan fingerprint density at radius 3 is 2.84 bits per heavy atom. The summed E-state index contributed by atoms with van der Waals surface area (Å²) in [7, 11) is 3.23. The molecule has 0 aliphatic carbocycles. The lowest BCUT2D eigenvalue weighted by molar-refractivity contribution is -0.127. The highest BCUT2D eigenvalue weighted by Crippen LogP contribution is 2.30. The largest absolute Gasteiger partial charge is 0.493 e. The summed E-state index contributed by atoms with van der Waals surface area (Å²) in [6.45, 7) is 1.21. The topological polar surface area (TPSA) is 93.5 Å². The monoisotopic (exact) mass is 432 g/mol. The van der Waals surface area contributed by atoms with Crippen LogP contribution < -0.4 is 9.47 Å². The van der Waals surface area contributed by atoms with Crippen LogP contribution in [0, 0.1) is 0 Å². The fourth-order valence-electron chi connectivity index (χ4n) is 4.16. The molecule has 0 saturated carbocycles. The molecule has 32 heavy (non-hydrogen) atoms. The summed E-state index contributed by atoms with van der Waals surface area (Å²) in [5.41, 5.74) is 2.95. The van der Waals surface area contributed by atoms with Crippen molar-refractivity contribution in [1.82, 2.24) is 20.0 Å². The maximum atomic E-state index is 12.6. The Balaban J connectivity index is 1.25. The van der Waals surface area contributed by atoms with Gasteiger partial charge in [-0.1, -0.05) is 17.3 Å². The van der Waals surface area contributed by atoms with Crippen LogP contribution in [0.3, 0.4) is 0 Å². The van der Waals surface area contributed by atoms with Crippen molar-refractivity contribution in [2.24, 2.45) is 0 Å². The van der Waals surface area contributed by atoms with E-state index in [1.807, 2.05) is 53.6 Å². The zero-order valence-corrected chi connectivity index (χ0v) is 18.0. The van der Waals surface area contributed by atoms with E-state index in [1.165, 1.54) is 0 Å². The number of benzene rings is 2. The standard InChI is InChI=1S/C24H24N4O4/c1-30-20-6-3-15(11-21(20)31-2)8-10-28-14-18(13-22(28)29)23-26-24(32-27-23)17-5-4-16-7-9-25-19(16)12-17/h3-7,9,11-12,18,25H,8,10,13-14H2,1-2H3. The Morgan fingerprint density at radius 1 is 1.12 bits per heavy atom. The fraction of sp³-hybridized carbons (Fsp3) is 0.292. The summed E-state index contributed by atoms with van der Waals surface area (Å²) < 4.78 is 16.2. The van der Waals surface area contributed by atoms with Crippen LogP contribution in [0.4, 0.5) is 0 Å². The molecule has 5 rings (SSSR count). The molecule has 8 nitrogen and oxygen atoms in total. The molecule has 1 saturated heterocycles. The number of nitrogens with one attached hydrogen (secondary N) is 1. The first-order chi connectivity index (χ1) is 15.6. The highest BCUT2D eigenvalue weighted by molar-refractivity contribution is 5.83. The minimum atomic E-state index is -0.0698. The van der Waals surface area contributed by atoms with Gasteiger partial charge >= 0.3 is 0 Å². The van der Waals surface area contributed by atoms with E-state index in [0.717, 1.165) is 28.5 Å². The van der Waals surface area contributed by atoms with Gasteiger partial charge in [-0.3, -0.25) is 4.79 Å². The lowest BCUT2D eigenvalue weighted by atomic mass is 10.1. The lowest BCUT2D eigenvalue weighted by Crippen LogP contribution is -2.27. The predicted molar refractivity (Wildman–Crippen MR) is 119 cm³/mol. The van der Waals surface area contributed by atoms with Crippen LogP contribution in [0.1, 0.15) is 23.7 Å². The van der Waals surface area contributed by atoms with Crippen molar-refractivity contribution < 1.29 is 18.8 Å². The first-order valence-electron chi connectivity index (χ1n) is 10.5. The van der Waals surface area contributed by atoms with Crippen LogP contribution in [-0.4, -0.2) is 53.2 Å². The van der Waals surface area contributed by atoms with Gasteiger partial charge in [0.2, 0.25) is 5.91 Å².